The maximum Gasteiger partial charge on any atom is 0.449 e. The highest BCUT2D eigenvalue weighted by Gasteiger charge is 2.50. The van der Waals surface area contributed by atoms with Crippen LogP contribution in [-0.4, -0.2) is 100 Å². The number of hydrogen-bond acceptors (Lipinski definition) is 11. The number of benzene rings is 2. The van der Waals surface area contributed by atoms with Gasteiger partial charge < -0.3 is 19.3 Å². The Bertz CT molecular complexity index is 2090. The molecule has 0 saturated heterocycles. The molecule has 14 nitrogen and oxygen atoms in total. The third-order valence-corrected chi connectivity index (χ3v) is 11.8. The number of Topliss-reactive ketones (excluding diaryl/α,β-unsaturated/α-hetero) is 4. The van der Waals surface area contributed by atoms with Gasteiger partial charge in [-0.25, -0.2) is 9.59 Å². The number of amides is 2. The van der Waals surface area contributed by atoms with Gasteiger partial charge in [-0.3, -0.25) is 38.6 Å². The Morgan fingerprint density at radius 3 is 1.40 bits per heavy atom. The van der Waals surface area contributed by atoms with Gasteiger partial charge in [-0.1, -0.05) is 85.0 Å². The van der Waals surface area contributed by atoms with E-state index in [4.69, 9.17) is 54.1 Å². The number of carbonyl (C=O) groups is 8. The summed E-state index contributed by atoms with van der Waals surface area (Å²) in [6, 6.07) is 13.8. The predicted molar refractivity (Wildman–Crippen MR) is 230 cm³/mol. The molecule has 2 aromatic carbocycles. The summed E-state index contributed by atoms with van der Waals surface area (Å²) in [6.45, 7) is 3.35. The van der Waals surface area contributed by atoms with Crippen molar-refractivity contribution in [3.8, 4) is 0 Å². The molecule has 0 radical (unpaired) electrons. The second-order valence-electron chi connectivity index (χ2n) is 15.2. The Hall–Kier alpha value is -4.95. The Morgan fingerprint density at radius 2 is 1.04 bits per heavy atom. The molecule has 1 N–H and O–H groups in total. The van der Waals surface area contributed by atoms with E-state index in [1.54, 1.807) is 49.5 Å². The number of nitrogens with zero attached hydrogens (tertiary/aromatic N) is 2. The molecule has 4 atom stereocenters. The lowest BCUT2D eigenvalue weighted by molar-refractivity contribution is -0.177. The van der Waals surface area contributed by atoms with Gasteiger partial charge in [0.25, 0.3) is 0 Å². The lowest BCUT2D eigenvalue weighted by Crippen LogP contribution is -2.55. The van der Waals surface area contributed by atoms with Crippen LogP contribution in [0.3, 0.4) is 0 Å². The van der Waals surface area contributed by atoms with Gasteiger partial charge in [0.05, 0.1) is 12.8 Å². The summed E-state index contributed by atoms with van der Waals surface area (Å²) in [5, 5.41) is 8.69. The number of carboxylic acid groups (broad SMARTS) is 1. The van der Waals surface area contributed by atoms with Crippen LogP contribution in [0.4, 0.5) is 35.9 Å². The van der Waals surface area contributed by atoms with E-state index < -0.39 is 96.7 Å². The van der Waals surface area contributed by atoms with Crippen molar-refractivity contribution < 1.29 is 84.0 Å². The zero-order chi connectivity index (χ0) is 50.9. The number of carboxylic acids is 1. The minimum absolute atomic E-state index is 0.00553. The molecule has 0 aliphatic heterocycles. The van der Waals surface area contributed by atoms with Crippen LogP contribution < -0.4 is 0 Å². The molecule has 2 aromatic rings. The summed E-state index contributed by atoms with van der Waals surface area (Å²) in [4.78, 5) is 96.3. The topological polar surface area (TPSA) is 191 Å². The highest BCUT2D eigenvalue weighted by Crippen LogP contribution is 2.44. The lowest BCUT2D eigenvalue weighted by atomic mass is 9.74. The number of ether oxygens (including phenoxy) is 3. The van der Waals surface area contributed by atoms with Crippen LogP contribution >= 0.6 is 34.8 Å². The van der Waals surface area contributed by atoms with Crippen molar-refractivity contribution in [1.82, 2.24) is 9.80 Å². The third-order valence-electron chi connectivity index (χ3n) is 10.8. The van der Waals surface area contributed by atoms with Gasteiger partial charge in [-0.05, 0) is 57.1 Å². The van der Waals surface area contributed by atoms with Crippen molar-refractivity contribution in [2.75, 3.05) is 14.1 Å². The van der Waals surface area contributed by atoms with E-state index in [2.05, 4.69) is 0 Å². The first kappa shape index (κ1) is 58.2. The molecule has 0 aromatic heterocycles. The maximum atomic E-state index is 13.1. The number of likely N-dealkylation sites (N-methyl/N-ethyl adjacent to an activating group) is 2. The zero-order valence-electron chi connectivity index (χ0n) is 36.9. The first-order chi connectivity index (χ1) is 31.2. The number of alkyl halides is 7. The first-order valence-corrected chi connectivity index (χ1v) is 22.1. The van der Waals surface area contributed by atoms with E-state index in [9.17, 15) is 64.7 Å². The average Bonchev–Trinajstić information content (AvgIpc) is 3.27. The number of aliphatic carboxylic acids is 1. The fourth-order valence-corrected chi connectivity index (χ4v) is 7.81. The van der Waals surface area contributed by atoms with Crippen LogP contribution in [-0.2, 0) is 54.1 Å². The first-order valence-electron chi connectivity index (χ1n) is 20.9. The van der Waals surface area contributed by atoms with Gasteiger partial charge in [-0.2, -0.15) is 26.3 Å². The molecule has 2 fully saturated rings. The van der Waals surface area contributed by atoms with E-state index >= 15 is 0 Å². The molecule has 0 heterocycles. The minimum Gasteiger partial charge on any atom is -0.481 e. The molecule has 23 heteroatoms. The molecule has 2 amide bonds. The fourth-order valence-electron chi connectivity index (χ4n) is 7.15. The standard InChI is InChI=1S/C22H25ClF3NO6.C17H21Cl2NO3.C5H5F3O3/c1-3-19(32-18(30)12-11-17(29)22(24,25)26)33-20(31)27(2)21(13-7-6-10-16(21)28)14-8-4-5-9-15(14)23;1-3-15(19)23-16(22)20(2)17(11-7-6-10-14(17)21)12-8-4-5-9-13(12)18;6-5(7,8)3(9)1-2-4(10)11/h4-5,8-9,19H,3,6-7,10-13H2,1-2H3;4-5,8-9,15H,3,6-7,10-11H2,1-2H3;1-2H2,(H,10,11)/t19?,21-;15?,17-;/m00./s1. The van der Waals surface area contributed by atoms with E-state index in [1.165, 1.54) is 18.9 Å². The molecule has 372 valence electrons. The number of rotatable bonds is 15. The van der Waals surface area contributed by atoms with E-state index in [0.717, 1.165) is 17.7 Å². The average molecular weight is 1020 g/mol. The summed E-state index contributed by atoms with van der Waals surface area (Å²) in [6.07, 6.45) is -11.6. The molecule has 4 rings (SSSR count). The van der Waals surface area contributed by atoms with Crippen molar-refractivity contribution in [3.63, 3.8) is 0 Å². The van der Waals surface area contributed by atoms with Crippen molar-refractivity contribution in [3.05, 3.63) is 69.7 Å². The largest absolute Gasteiger partial charge is 0.481 e. The monoisotopic (exact) mass is 1020 g/mol. The van der Waals surface area contributed by atoms with Crippen molar-refractivity contribution >= 4 is 82.1 Å². The molecular weight excluding hydrogens is 969 g/mol. The summed E-state index contributed by atoms with van der Waals surface area (Å²) in [5.74, 6) is -6.82. The molecule has 0 spiro atoms. The van der Waals surface area contributed by atoms with Gasteiger partial charge >= 0.3 is 36.5 Å². The Balaban J connectivity index is 0.000000391. The van der Waals surface area contributed by atoms with Crippen LogP contribution in [0.15, 0.2) is 48.5 Å². The summed E-state index contributed by atoms with van der Waals surface area (Å²) >= 11 is 18.6. The third kappa shape index (κ3) is 16.1. The molecule has 2 aliphatic carbocycles. The summed E-state index contributed by atoms with van der Waals surface area (Å²) in [5.41, 5.74) is -2.07. The predicted octanol–water partition coefficient (Wildman–Crippen LogP) is 10.6. The Kier molecular flexibility index (Phi) is 22.6. The zero-order valence-corrected chi connectivity index (χ0v) is 39.2. The fraction of sp³-hybridized carbons (Fsp3) is 0.545. The molecule has 2 aliphatic rings. The van der Waals surface area contributed by atoms with E-state index in [1.807, 2.05) is 13.0 Å². The number of hydrogen-bond donors (Lipinski definition) is 1. The minimum atomic E-state index is -5.04. The van der Waals surface area contributed by atoms with Crippen LogP contribution in [0.1, 0.15) is 115 Å². The molecule has 67 heavy (non-hydrogen) atoms. The van der Waals surface area contributed by atoms with Gasteiger partial charge in [0.2, 0.25) is 17.9 Å². The smallest absolute Gasteiger partial charge is 0.449 e. The van der Waals surface area contributed by atoms with Crippen LogP contribution in [0.2, 0.25) is 10.0 Å². The van der Waals surface area contributed by atoms with Gasteiger partial charge in [0, 0.05) is 67.4 Å². The van der Waals surface area contributed by atoms with Gasteiger partial charge in [0.1, 0.15) is 11.1 Å². The second-order valence-corrected chi connectivity index (χ2v) is 16.5. The summed E-state index contributed by atoms with van der Waals surface area (Å²) < 4.78 is 86.3. The lowest BCUT2D eigenvalue weighted by Gasteiger charge is -2.43. The molecular formula is C44H51Cl3F6N2O12. The SMILES string of the molecule is CCC(Cl)OC(=O)N(C)[C@]1(c2ccccc2Cl)CCCCC1=O.CCC(OC(=O)CCC(=O)C(F)(F)F)OC(=O)N(C)[C@]1(c2ccccc2Cl)CCCCC1=O.O=C(O)CCC(=O)C(F)(F)F. The Labute approximate surface area is 397 Å². The number of ketones is 4. The van der Waals surface area contributed by atoms with Gasteiger partial charge in [0.15, 0.2) is 17.1 Å². The molecule has 0 bridgehead atoms. The maximum absolute atomic E-state index is 13.1. The van der Waals surface area contributed by atoms with Crippen molar-refractivity contribution in [2.45, 2.75) is 139 Å². The van der Waals surface area contributed by atoms with Crippen LogP contribution in [0.25, 0.3) is 0 Å². The quantitative estimate of drug-likeness (QED) is 0.0770. The van der Waals surface area contributed by atoms with Gasteiger partial charge in [-0.15, -0.1) is 0 Å². The van der Waals surface area contributed by atoms with Crippen molar-refractivity contribution in [2.24, 2.45) is 0 Å². The van der Waals surface area contributed by atoms with E-state index in [-0.39, 0.29) is 24.4 Å². The van der Waals surface area contributed by atoms with E-state index in [0.29, 0.717) is 59.7 Å². The second kappa shape index (κ2) is 26.0. The summed E-state index contributed by atoms with van der Waals surface area (Å²) in [7, 11) is 2.96. The number of esters is 1. The number of carbonyl (C=O) groups excluding carboxylic acids is 7. The van der Waals surface area contributed by atoms with Crippen molar-refractivity contribution in [1.29, 1.82) is 0 Å². The normalized spacial score (nSPS) is 19.2. The Morgan fingerprint density at radius 1 is 0.642 bits per heavy atom. The van der Waals surface area contributed by atoms with Crippen LogP contribution in [0.5, 0.6) is 0 Å². The number of halogens is 9. The highest BCUT2D eigenvalue weighted by atomic mass is 35.5. The highest BCUT2D eigenvalue weighted by molar-refractivity contribution is 6.32. The van der Waals surface area contributed by atoms with Crippen LogP contribution in [0, 0.1) is 0 Å². The molecule has 2 unspecified atom stereocenters. The molecule has 2 saturated carbocycles.